The summed E-state index contributed by atoms with van der Waals surface area (Å²) in [5, 5.41) is 15.4. The van der Waals surface area contributed by atoms with Crippen molar-refractivity contribution in [2.45, 2.75) is 87.8 Å². The van der Waals surface area contributed by atoms with Crippen molar-refractivity contribution in [2.24, 2.45) is 13.0 Å². The summed E-state index contributed by atoms with van der Waals surface area (Å²) in [6, 6.07) is 2.65. The summed E-state index contributed by atoms with van der Waals surface area (Å²) in [6.45, 7) is 4.24. The van der Waals surface area contributed by atoms with Crippen LogP contribution in [0.3, 0.4) is 0 Å². The number of nitrogens with zero attached hydrogens (tertiary/aromatic N) is 7. The van der Waals surface area contributed by atoms with Crippen molar-refractivity contribution in [3.63, 3.8) is 0 Å². The molecule has 0 aromatic carbocycles. The number of nitrogen functional groups attached to an aromatic ring is 1. The Labute approximate surface area is 270 Å². The molecule has 5 aliphatic rings. The van der Waals surface area contributed by atoms with Gasteiger partial charge in [-0.3, -0.25) is 14.0 Å². The van der Waals surface area contributed by atoms with Crippen LogP contribution in [0.1, 0.15) is 79.1 Å². The first-order valence-electron chi connectivity index (χ1n) is 16.5. The lowest BCUT2D eigenvalue weighted by Crippen LogP contribution is -2.38. The van der Waals surface area contributed by atoms with Gasteiger partial charge in [0.25, 0.3) is 0 Å². The number of aromatic nitrogens is 5. The topological polar surface area (TPSA) is 150 Å². The number of fused-ring (bicyclic) bond motifs is 6. The van der Waals surface area contributed by atoms with Crippen LogP contribution in [0.15, 0.2) is 9.32 Å². The molecule has 2 saturated heterocycles. The molecule has 2 N–H and O–H groups in total. The van der Waals surface area contributed by atoms with Crippen molar-refractivity contribution in [1.29, 1.82) is 5.26 Å². The van der Waals surface area contributed by atoms with Gasteiger partial charge in [0.05, 0.1) is 30.0 Å². The van der Waals surface area contributed by atoms with E-state index in [0.717, 1.165) is 81.2 Å². The molecule has 1 saturated carbocycles. The lowest BCUT2D eigenvalue weighted by molar-refractivity contribution is 0.118. The Morgan fingerprint density at radius 3 is 2.74 bits per heavy atom. The molecule has 6 heterocycles. The highest BCUT2D eigenvalue weighted by molar-refractivity contribution is 7.16. The number of hydrogen-bond donors (Lipinski definition) is 1. The van der Waals surface area contributed by atoms with E-state index in [0.29, 0.717) is 52.4 Å². The van der Waals surface area contributed by atoms with Crippen molar-refractivity contribution in [1.82, 2.24) is 29.2 Å². The number of likely N-dealkylation sites (tertiary alicyclic amines) is 1. The highest BCUT2D eigenvalue weighted by atomic mass is 32.1. The van der Waals surface area contributed by atoms with Gasteiger partial charge in [-0.05, 0) is 83.9 Å². The maximum atomic E-state index is 13.9. The molecule has 2 aliphatic heterocycles. The minimum absolute atomic E-state index is 0.141. The predicted octanol–water partition coefficient (Wildman–Crippen LogP) is 3.87. The molecular formula is C33H38N8O4S. The Morgan fingerprint density at radius 1 is 1.20 bits per heavy atom. The maximum Gasteiger partial charge on any atom is 0.330 e. The number of nitriles is 1. The van der Waals surface area contributed by atoms with E-state index < -0.39 is 11.0 Å². The molecule has 3 aliphatic carbocycles. The Hall–Kier alpha value is -3.73. The zero-order valence-electron chi connectivity index (χ0n) is 26.5. The van der Waals surface area contributed by atoms with E-state index >= 15 is 0 Å². The molecule has 4 aromatic rings. The Bertz CT molecular complexity index is 2020. The zero-order valence-corrected chi connectivity index (χ0v) is 27.3. The van der Waals surface area contributed by atoms with Crippen molar-refractivity contribution in [3.05, 3.63) is 37.7 Å². The van der Waals surface area contributed by atoms with E-state index in [1.807, 2.05) is 4.57 Å². The lowest BCUT2D eigenvalue weighted by atomic mass is 9.62. The first kappa shape index (κ1) is 28.5. The van der Waals surface area contributed by atoms with Gasteiger partial charge in [0, 0.05) is 34.9 Å². The van der Waals surface area contributed by atoms with Gasteiger partial charge in [-0.1, -0.05) is 5.16 Å². The zero-order chi connectivity index (χ0) is 31.5. The van der Waals surface area contributed by atoms with Gasteiger partial charge in [-0.2, -0.15) is 10.2 Å². The number of rotatable bonds is 5. The van der Waals surface area contributed by atoms with Gasteiger partial charge < -0.3 is 19.7 Å². The van der Waals surface area contributed by atoms with Gasteiger partial charge in [0.15, 0.2) is 11.2 Å². The molecule has 1 spiro atoms. The molecule has 13 heteroatoms. The molecule has 46 heavy (non-hydrogen) atoms. The minimum atomic E-state index is -0.427. The molecule has 5 atom stereocenters. The van der Waals surface area contributed by atoms with Crippen LogP contribution in [-0.2, 0) is 35.6 Å². The first-order valence-corrected chi connectivity index (χ1v) is 17.3. The third-order valence-corrected chi connectivity index (χ3v) is 12.8. The van der Waals surface area contributed by atoms with Crippen LogP contribution in [-0.4, -0.2) is 68.1 Å². The summed E-state index contributed by atoms with van der Waals surface area (Å²) in [6.07, 6.45) is 8.24. The third-order valence-electron chi connectivity index (χ3n) is 11.7. The van der Waals surface area contributed by atoms with Crippen LogP contribution in [0, 0.1) is 17.2 Å². The van der Waals surface area contributed by atoms with Crippen LogP contribution in [0.4, 0.5) is 5.00 Å². The number of aryl methyl sites for hydroxylation is 2. The second kappa shape index (κ2) is 9.89. The fraction of sp³-hybridized carbons (Fsp3) is 0.606. The van der Waals surface area contributed by atoms with Gasteiger partial charge in [0.2, 0.25) is 17.5 Å². The molecule has 12 nitrogen and oxygen atoms in total. The van der Waals surface area contributed by atoms with Gasteiger partial charge >= 0.3 is 5.69 Å². The number of anilines is 1. The molecule has 3 fully saturated rings. The second-order valence-electron chi connectivity index (χ2n) is 14.1. The normalized spacial score (nSPS) is 29.1. The lowest BCUT2D eigenvalue weighted by Gasteiger charge is -2.39. The van der Waals surface area contributed by atoms with Crippen LogP contribution < -0.4 is 16.2 Å². The average Bonchev–Trinajstić information content (AvgIpc) is 3.62. The number of likely N-dealkylation sites (N-methyl/N-ethyl adjacent to an activating group) is 1. The molecule has 0 unspecified atom stereocenters. The fourth-order valence-corrected chi connectivity index (χ4v) is 10.4. The number of hydrogen-bond acceptors (Lipinski definition) is 11. The third kappa shape index (κ3) is 3.72. The Morgan fingerprint density at radius 2 is 2.02 bits per heavy atom. The van der Waals surface area contributed by atoms with E-state index in [1.54, 1.807) is 11.6 Å². The van der Waals surface area contributed by atoms with E-state index in [2.05, 4.69) is 24.9 Å². The average molecular weight is 643 g/mol. The van der Waals surface area contributed by atoms with E-state index in [1.165, 1.54) is 16.2 Å². The van der Waals surface area contributed by atoms with Crippen LogP contribution in [0.2, 0.25) is 0 Å². The fourth-order valence-electron chi connectivity index (χ4n) is 9.28. The van der Waals surface area contributed by atoms with E-state index in [9.17, 15) is 10.1 Å². The van der Waals surface area contributed by atoms with Crippen LogP contribution in [0.5, 0.6) is 5.88 Å². The monoisotopic (exact) mass is 642 g/mol. The highest BCUT2D eigenvalue weighted by Gasteiger charge is 2.62. The number of ether oxygens (including phenoxy) is 2. The molecular weight excluding hydrogens is 604 g/mol. The molecule has 0 amide bonds. The van der Waals surface area contributed by atoms with Crippen molar-refractivity contribution in [3.8, 4) is 23.5 Å². The Kier molecular flexibility index (Phi) is 6.12. The minimum Gasteiger partial charge on any atom is -0.471 e. The number of nitrogens with two attached hydrogens (primary N) is 1. The molecule has 0 radical (unpaired) electrons. The summed E-state index contributed by atoms with van der Waals surface area (Å²) in [4.78, 5) is 27.6. The van der Waals surface area contributed by atoms with Crippen molar-refractivity contribution in [2.75, 3.05) is 32.5 Å². The number of thiophene rings is 1. The summed E-state index contributed by atoms with van der Waals surface area (Å²) in [5.74, 6) is 1.55. The van der Waals surface area contributed by atoms with Gasteiger partial charge in [-0.25, -0.2) is 9.78 Å². The summed E-state index contributed by atoms with van der Waals surface area (Å²) in [7, 11) is 3.90. The van der Waals surface area contributed by atoms with Crippen molar-refractivity contribution < 1.29 is 14.0 Å². The largest absolute Gasteiger partial charge is 0.471 e. The van der Waals surface area contributed by atoms with E-state index in [4.69, 9.17) is 34.9 Å². The molecule has 9 rings (SSSR count). The van der Waals surface area contributed by atoms with Gasteiger partial charge in [0.1, 0.15) is 17.2 Å². The Balaban J connectivity index is 1.23. The molecule has 0 bridgehead atoms. The van der Waals surface area contributed by atoms with Gasteiger partial charge in [-0.15, -0.1) is 11.3 Å². The summed E-state index contributed by atoms with van der Waals surface area (Å²) >= 11 is 1.53. The predicted molar refractivity (Wildman–Crippen MR) is 171 cm³/mol. The first-order chi connectivity index (χ1) is 22.3. The number of imidazole rings is 1. The SMILES string of the molecule is C[C@H](Oc1nc(-c2onc3c2CCC[C@@]32CCCc3sc(N)c(C#N)c32)nc2c1n(C)c(=O)n2[C@@]12COC[C@@H]1C2)[C@@H]1CCCN1C. The maximum absolute atomic E-state index is 13.9. The quantitative estimate of drug-likeness (QED) is 0.340. The van der Waals surface area contributed by atoms with Crippen LogP contribution >= 0.6 is 11.3 Å². The van der Waals surface area contributed by atoms with Crippen molar-refractivity contribution >= 4 is 27.5 Å². The highest BCUT2D eigenvalue weighted by Crippen LogP contribution is 2.56. The summed E-state index contributed by atoms with van der Waals surface area (Å²) < 4.78 is 22.2. The van der Waals surface area contributed by atoms with E-state index in [-0.39, 0.29) is 23.8 Å². The van der Waals surface area contributed by atoms with Crippen LogP contribution in [0.25, 0.3) is 22.7 Å². The summed E-state index contributed by atoms with van der Waals surface area (Å²) in [5.41, 5.74) is 10.00. The smallest absolute Gasteiger partial charge is 0.330 e. The second-order valence-corrected chi connectivity index (χ2v) is 15.3. The molecule has 240 valence electrons. The standard InChI is InChI=1S/C33H38N8O4S/c1-17(21-8-6-12-39(21)2)44-30-24-29(41(31(42)40(24)3)33-13-18(33)15-43-16-33)36-28(37-30)25-19-7-4-10-32(26(19)38-45-25)11-5-9-22-23(32)20(14-34)27(35)46-22/h17-18,21H,4-13,15-16,35H2,1-3H3/t17-,18-,21-,32-,33-/m0/s1. The molecule has 4 aromatic heterocycles.